The van der Waals surface area contributed by atoms with Crippen molar-refractivity contribution in [2.45, 2.75) is 232 Å². The van der Waals surface area contributed by atoms with E-state index in [1.54, 1.807) is 31.2 Å². The Balaban J connectivity index is 0.000000285. The molecule has 24 heteroatoms. The second kappa shape index (κ2) is 38.0. The summed E-state index contributed by atoms with van der Waals surface area (Å²) in [6.07, 6.45) is 15.7. The summed E-state index contributed by atoms with van der Waals surface area (Å²) in [6, 6.07) is 23.8. The molecular weight excluding hydrogens is 1250 g/mol. The number of amidine groups is 1. The first-order chi connectivity index (χ1) is 45.6. The summed E-state index contributed by atoms with van der Waals surface area (Å²) in [5.74, 6) is -1.08. The molecule has 22 nitrogen and oxygen atoms in total. The topological polar surface area (TPSA) is 267 Å². The molecule has 4 heterocycles. The number of anilines is 3. The van der Waals surface area contributed by atoms with Crippen molar-refractivity contribution in [2.75, 3.05) is 41.9 Å². The molecule has 6 aromatic rings. The number of likely N-dealkylation sites (tertiary alicyclic amines) is 1. The van der Waals surface area contributed by atoms with Crippen LogP contribution in [-0.4, -0.2) is 126 Å². The van der Waals surface area contributed by atoms with Crippen LogP contribution in [0.25, 0.3) is 11.0 Å². The molecule has 3 amide bonds. The van der Waals surface area contributed by atoms with Crippen molar-refractivity contribution in [2.24, 2.45) is 5.10 Å². The van der Waals surface area contributed by atoms with Gasteiger partial charge < -0.3 is 34.5 Å². The molecule has 0 bridgehead atoms. The number of unbranched alkanes of at least 4 members (excludes halogenated alkanes) is 9. The number of nitrogens with zero attached hydrogens (tertiary/aromatic N) is 9. The number of tetrazole rings is 1. The molecule has 1 saturated heterocycles. The fourth-order valence-electron chi connectivity index (χ4n) is 10.2. The number of H-pyrrole nitrogens is 1. The van der Waals surface area contributed by atoms with E-state index in [0.29, 0.717) is 59.1 Å². The van der Waals surface area contributed by atoms with Crippen molar-refractivity contribution in [3.63, 3.8) is 0 Å². The maximum absolute atomic E-state index is 14.0. The lowest BCUT2D eigenvalue weighted by Gasteiger charge is -2.31. The molecule has 2 aliphatic rings. The number of carbonyl (C=O) groups excluding carboxylic acids is 6. The van der Waals surface area contributed by atoms with E-state index in [4.69, 9.17) is 35.6 Å². The van der Waals surface area contributed by atoms with Gasteiger partial charge in [-0.3, -0.25) is 19.2 Å². The summed E-state index contributed by atoms with van der Waals surface area (Å²) >= 11 is 7.21. The van der Waals surface area contributed by atoms with Crippen LogP contribution in [-0.2, 0) is 55.6 Å². The number of amides is 3. The average Bonchev–Trinajstić information content (AvgIpc) is 1.77. The molecule has 0 saturated carbocycles. The standard InChI is InChI=1S/C39H54N8O5S.C25H38ClNO5.C7H7N3/c1-9-23-51-32(48)25-46-37(41-43-44-46)53-33-34(45-21-13-14-22-45)42-47(36(33)50)28-18-16-27(17-19-28)40-35(49)30(10-2)52-31-20-15-26(38(5,6)11-3)24-29(31)39(7,8)12-4;1-4-6-7-8-9-10-11-12-13-14-17-31-24(29)19(3)32-25(30)20-15-16-21(26)22(18-20)27-23(28)5-2;1-5-2-3-6-7(4-5)9-10-8-6/h15-20,24,30,33H,9-14,21-23,25H2,1-8H3,(H,40,49);15-16,18-19H,4-14,17H2,1-3H3,(H,27,28);2-4H,1H3,(H,8,9,10). The molecule has 3 N–H and O–H groups in total. The molecule has 0 spiro atoms. The number of carbonyl (C=O) groups is 6. The van der Waals surface area contributed by atoms with Gasteiger partial charge in [-0.1, -0.05) is 169 Å². The van der Waals surface area contributed by atoms with E-state index in [9.17, 15) is 28.8 Å². The van der Waals surface area contributed by atoms with Gasteiger partial charge >= 0.3 is 17.9 Å². The van der Waals surface area contributed by atoms with Crippen molar-refractivity contribution in [3.8, 4) is 5.75 Å². The highest BCUT2D eigenvalue weighted by Crippen LogP contribution is 2.40. The Labute approximate surface area is 569 Å². The minimum Gasteiger partial charge on any atom is -0.480 e. The molecule has 0 radical (unpaired) electrons. The van der Waals surface area contributed by atoms with Crippen LogP contribution < -0.4 is 20.4 Å². The van der Waals surface area contributed by atoms with Crippen molar-refractivity contribution in [3.05, 3.63) is 106 Å². The zero-order chi connectivity index (χ0) is 69.1. The first-order valence-corrected chi connectivity index (χ1v) is 35.0. The number of aromatic amines is 1. The van der Waals surface area contributed by atoms with E-state index in [1.165, 1.54) is 90.9 Å². The summed E-state index contributed by atoms with van der Waals surface area (Å²) in [6.45, 7) is 26.6. The van der Waals surface area contributed by atoms with Gasteiger partial charge in [0.1, 0.15) is 29.2 Å². The van der Waals surface area contributed by atoms with Crippen LogP contribution in [0.4, 0.5) is 17.1 Å². The van der Waals surface area contributed by atoms with Gasteiger partial charge in [0, 0.05) is 30.8 Å². The number of rotatable bonds is 32. The van der Waals surface area contributed by atoms with Crippen molar-refractivity contribution < 1.29 is 47.7 Å². The highest BCUT2D eigenvalue weighted by atomic mass is 35.5. The smallest absolute Gasteiger partial charge is 0.347 e. The molecule has 3 atom stereocenters. The highest BCUT2D eigenvalue weighted by molar-refractivity contribution is 8.01. The third-order valence-electron chi connectivity index (χ3n) is 17.0. The number of ether oxygens (including phenoxy) is 4. The van der Waals surface area contributed by atoms with E-state index in [2.05, 4.69) is 107 Å². The molecule has 4 aromatic carbocycles. The number of hydrogen-bond acceptors (Lipinski definition) is 18. The third-order valence-corrected chi connectivity index (χ3v) is 18.4. The molecule has 3 unspecified atom stereocenters. The average molecular weight is 1350 g/mol. The van der Waals surface area contributed by atoms with E-state index in [-0.39, 0.29) is 47.1 Å². The lowest BCUT2D eigenvalue weighted by atomic mass is 9.76. The minimum absolute atomic E-state index is 0.0225. The first-order valence-electron chi connectivity index (χ1n) is 33.8. The second-order valence-corrected chi connectivity index (χ2v) is 26.7. The largest absolute Gasteiger partial charge is 0.480 e. The van der Waals surface area contributed by atoms with Gasteiger partial charge in [0.15, 0.2) is 17.5 Å². The Kier molecular flexibility index (Phi) is 30.4. The zero-order valence-corrected chi connectivity index (χ0v) is 59.3. The maximum Gasteiger partial charge on any atom is 0.347 e. The van der Waals surface area contributed by atoms with Crippen LogP contribution in [0.2, 0.25) is 5.02 Å². The quantitative estimate of drug-likeness (QED) is 0.0201. The fourth-order valence-corrected chi connectivity index (χ4v) is 11.4. The van der Waals surface area contributed by atoms with Crippen LogP contribution in [0.5, 0.6) is 5.75 Å². The number of thioether (sulfide) groups is 1. The van der Waals surface area contributed by atoms with Gasteiger partial charge in [0.2, 0.25) is 11.1 Å². The Morgan fingerprint density at radius 3 is 2.07 bits per heavy atom. The van der Waals surface area contributed by atoms with E-state index >= 15 is 0 Å². The Morgan fingerprint density at radius 2 is 1.42 bits per heavy atom. The van der Waals surface area contributed by atoms with Crippen molar-refractivity contribution in [1.82, 2.24) is 40.5 Å². The molecule has 8 rings (SSSR count). The normalized spacial score (nSPS) is 14.4. The van der Waals surface area contributed by atoms with E-state index in [0.717, 1.165) is 92.1 Å². The number of hydrazone groups is 1. The predicted octanol–water partition coefficient (Wildman–Crippen LogP) is 14.7. The molecule has 0 aliphatic carbocycles. The monoisotopic (exact) mass is 1350 g/mol. The highest BCUT2D eigenvalue weighted by Gasteiger charge is 2.42. The fraction of sp³-hybridized carbons (Fsp3) is 0.549. The maximum atomic E-state index is 14.0. The van der Waals surface area contributed by atoms with Gasteiger partial charge in [0.05, 0.1) is 35.2 Å². The second-order valence-electron chi connectivity index (χ2n) is 25.2. The van der Waals surface area contributed by atoms with Crippen molar-refractivity contribution >= 4 is 92.9 Å². The molecule has 2 aliphatic heterocycles. The summed E-state index contributed by atoms with van der Waals surface area (Å²) in [4.78, 5) is 78.0. The number of fused-ring (bicyclic) bond motifs is 1. The van der Waals surface area contributed by atoms with Crippen LogP contribution >= 0.6 is 23.4 Å². The van der Waals surface area contributed by atoms with Gasteiger partial charge in [0.25, 0.3) is 11.8 Å². The Morgan fingerprint density at radius 1 is 0.747 bits per heavy atom. The summed E-state index contributed by atoms with van der Waals surface area (Å²) in [5.41, 5.74) is 6.94. The third kappa shape index (κ3) is 22.9. The van der Waals surface area contributed by atoms with Crippen LogP contribution in [0.3, 0.4) is 0 Å². The van der Waals surface area contributed by atoms with Crippen LogP contribution in [0, 0.1) is 6.92 Å². The van der Waals surface area contributed by atoms with E-state index < -0.39 is 35.4 Å². The summed E-state index contributed by atoms with van der Waals surface area (Å²) < 4.78 is 23.4. The van der Waals surface area contributed by atoms with E-state index in [1.807, 2.05) is 45.0 Å². The Hall–Kier alpha value is -7.92. The number of hydrogen-bond donors (Lipinski definition) is 3. The lowest BCUT2D eigenvalue weighted by Crippen LogP contribution is -2.37. The molecule has 95 heavy (non-hydrogen) atoms. The van der Waals surface area contributed by atoms with Gasteiger partial charge in [-0.2, -0.15) is 25.5 Å². The van der Waals surface area contributed by atoms with Gasteiger partial charge in [-0.25, -0.2) is 14.3 Å². The van der Waals surface area contributed by atoms with Gasteiger partial charge in [-0.15, -0.1) is 5.10 Å². The minimum atomic E-state index is -1.02. The molecule has 2 aromatic heterocycles. The summed E-state index contributed by atoms with van der Waals surface area (Å²) in [5, 5.41) is 33.9. The lowest BCUT2D eigenvalue weighted by molar-refractivity contribution is -0.153. The van der Waals surface area contributed by atoms with Gasteiger partial charge in [-0.05, 0) is 152 Å². The molecular formula is C71H99ClN12O10S. The number of esters is 3. The number of nitrogens with one attached hydrogen (secondary N) is 3. The first kappa shape index (κ1) is 76.1. The van der Waals surface area contributed by atoms with Crippen LogP contribution in [0.1, 0.15) is 212 Å². The zero-order valence-electron chi connectivity index (χ0n) is 57.7. The predicted molar refractivity (Wildman–Crippen MR) is 374 cm³/mol. The summed E-state index contributed by atoms with van der Waals surface area (Å²) in [7, 11) is 0. The number of aromatic nitrogens is 7. The van der Waals surface area contributed by atoms with Crippen LogP contribution in [0.15, 0.2) is 89.1 Å². The number of aryl methyl sites for hydroxylation is 1. The number of benzene rings is 4. The molecule has 1 fully saturated rings. The number of halogens is 1. The Bertz CT molecular complexity index is 3500. The molecule has 516 valence electrons. The SMILES string of the molecule is CCCCCCCCCCCCOC(=O)C(C)OC(=O)c1ccc(Cl)c(NC(=O)CC)c1.CCCOC(=O)Cn1nnnc1SC1C(=O)N(c2ccc(NC(=O)C(CC)Oc3ccc(C(C)(C)CC)cc3C(C)(C)CC)cc2)N=C1N1CCCC1.Cc1ccc2n[nH]nc2c1. The van der Waals surface area contributed by atoms with Crippen molar-refractivity contribution in [1.29, 1.82) is 0 Å².